The number of nitrogens with zero attached hydrogens (tertiary/aromatic N) is 2. The van der Waals surface area contributed by atoms with Crippen LogP contribution in [0.3, 0.4) is 0 Å². The molecular weight excluding hydrogens is 358 g/mol. The molecule has 28 heavy (non-hydrogen) atoms. The normalized spacial score (nSPS) is 14.6. The zero-order valence-electron chi connectivity index (χ0n) is 15.6. The van der Waals surface area contributed by atoms with Gasteiger partial charge in [-0.1, -0.05) is 30.3 Å². The SMILES string of the molecule is CC(=O)Nc1cccc([C@@H](C)NC(=O)C2=NCC(=O)N(c3ccccc3)N2)c1. The average molecular weight is 379 g/mol. The van der Waals surface area contributed by atoms with Crippen LogP contribution in [0, 0.1) is 0 Å². The number of amidine groups is 1. The first-order valence-corrected chi connectivity index (χ1v) is 8.81. The molecule has 1 atom stereocenters. The molecule has 1 aliphatic heterocycles. The summed E-state index contributed by atoms with van der Waals surface area (Å²) >= 11 is 0. The van der Waals surface area contributed by atoms with E-state index in [2.05, 4.69) is 21.1 Å². The van der Waals surface area contributed by atoms with Crippen LogP contribution in [-0.4, -0.2) is 30.1 Å². The quantitative estimate of drug-likeness (QED) is 0.737. The number of hydrazine groups is 1. The molecule has 0 fully saturated rings. The van der Waals surface area contributed by atoms with E-state index in [-0.39, 0.29) is 30.2 Å². The molecule has 2 aromatic carbocycles. The van der Waals surface area contributed by atoms with Crippen molar-refractivity contribution in [3.8, 4) is 0 Å². The summed E-state index contributed by atoms with van der Waals surface area (Å²) in [5.74, 6) is -0.779. The highest BCUT2D eigenvalue weighted by Gasteiger charge is 2.26. The highest BCUT2D eigenvalue weighted by atomic mass is 16.2. The average Bonchev–Trinajstić information content (AvgIpc) is 2.68. The van der Waals surface area contributed by atoms with E-state index in [1.54, 1.807) is 42.5 Å². The van der Waals surface area contributed by atoms with Crippen LogP contribution in [0.25, 0.3) is 0 Å². The van der Waals surface area contributed by atoms with Crippen LogP contribution in [0.2, 0.25) is 0 Å². The number of aliphatic imine (C=N–C) groups is 1. The Balaban J connectivity index is 1.69. The molecule has 0 radical (unpaired) electrons. The summed E-state index contributed by atoms with van der Waals surface area (Å²) in [5.41, 5.74) is 4.89. The van der Waals surface area contributed by atoms with E-state index in [9.17, 15) is 14.4 Å². The van der Waals surface area contributed by atoms with Gasteiger partial charge >= 0.3 is 0 Å². The molecule has 3 N–H and O–H groups in total. The molecule has 1 heterocycles. The lowest BCUT2D eigenvalue weighted by Gasteiger charge is -2.28. The topological polar surface area (TPSA) is 103 Å². The fourth-order valence-electron chi connectivity index (χ4n) is 2.77. The van der Waals surface area contributed by atoms with Crippen LogP contribution in [0.15, 0.2) is 59.6 Å². The molecule has 0 aromatic heterocycles. The van der Waals surface area contributed by atoms with Crippen molar-refractivity contribution < 1.29 is 14.4 Å². The molecule has 0 saturated carbocycles. The second kappa shape index (κ2) is 8.34. The zero-order chi connectivity index (χ0) is 20.1. The summed E-state index contributed by atoms with van der Waals surface area (Å²) in [4.78, 5) is 40.0. The minimum atomic E-state index is -0.425. The van der Waals surface area contributed by atoms with Crippen LogP contribution >= 0.6 is 0 Å². The van der Waals surface area contributed by atoms with Crippen molar-refractivity contribution in [3.63, 3.8) is 0 Å². The number of anilines is 2. The first-order valence-electron chi connectivity index (χ1n) is 8.81. The van der Waals surface area contributed by atoms with Gasteiger partial charge in [0, 0.05) is 12.6 Å². The van der Waals surface area contributed by atoms with Gasteiger partial charge in [-0.05, 0) is 36.8 Å². The van der Waals surface area contributed by atoms with Crippen LogP contribution in [0.1, 0.15) is 25.5 Å². The van der Waals surface area contributed by atoms with Crippen molar-refractivity contribution >= 4 is 34.9 Å². The van der Waals surface area contributed by atoms with Crippen LogP contribution in [-0.2, 0) is 14.4 Å². The molecule has 1 aliphatic rings. The third kappa shape index (κ3) is 4.53. The van der Waals surface area contributed by atoms with E-state index >= 15 is 0 Å². The van der Waals surface area contributed by atoms with E-state index in [4.69, 9.17) is 0 Å². The summed E-state index contributed by atoms with van der Waals surface area (Å²) in [7, 11) is 0. The number of carbonyl (C=O) groups excluding carboxylic acids is 3. The fraction of sp³-hybridized carbons (Fsp3) is 0.200. The molecule has 0 spiro atoms. The standard InChI is InChI=1S/C20H21N5O3/c1-13(15-7-6-8-16(11-15)23-14(2)26)22-20(28)19-21-12-18(27)25(24-19)17-9-4-3-5-10-17/h3-11,13H,12H2,1-2H3,(H,21,24)(H,22,28)(H,23,26)/t13-/m1/s1. The van der Waals surface area contributed by atoms with Crippen molar-refractivity contribution in [1.29, 1.82) is 0 Å². The van der Waals surface area contributed by atoms with Gasteiger partial charge < -0.3 is 10.6 Å². The summed E-state index contributed by atoms with van der Waals surface area (Å²) < 4.78 is 0. The monoisotopic (exact) mass is 379 g/mol. The minimum Gasteiger partial charge on any atom is -0.343 e. The first-order chi connectivity index (χ1) is 13.4. The summed E-state index contributed by atoms with van der Waals surface area (Å²) in [6.07, 6.45) is 0. The Morgan fingerprint density at radius 2 is 1.89 bits per heavy atom. The van der Waals surface area contributed by atoms with Crippen LogP contribution in [0.4, 0.5) is 11.4 Å². The molecular formula is C20H21N5O3. The Morgan fingerprint density at radius 1 is 1.14 bits per heavy atom. The predicted molar refractivity (Wildman–Crippen MR) is 107 cm³/mol. The molecule has 3 rings (SSSR count). The maximum absolute atomic E-state index is 12.6. The third-order valence-electron chi connectivity index (χ3n) is 4.12. The Bertz CT molecular complexity index is 926. The molecule has 0 saturated heterocycles. The molecule has 144 valence electrons. The molecule has 3 amide bonds. The molecule has 2 aromatic rings. The predicted octanol–water partition coefficient (Wildman–Crippen LogP) is 1.77. The molecule has 8 heteroatoms. The summed E-state index contributed by atoms with van der Waals surface area (Å²) in [6, 6.07) is 15.9. The Labute approximate surface area is 162 Å². The lowest BCUT2D eigenvalue weighted by molar-refractivity contribution is -0.118. The molecule has 0 bridgehead atoms. The van der Waals surface area contributed by atoms with Gasteiger partial charge in [-0.25, -0.2) is 5.01 Å². The number of hydrogen-bond acceptors (Lipinski definition) is 5. The maximum atomic E-state index is 12.6. The van der Waals surface area contributed by atoms with Gasteiger partial charge in [0.1, 0.15) is 6.54 Å². The van der Waals surface area contributed by atoms with E-state index in [0.29, 0.717) is 11.4 Å². The van der Waals surface area contributed by atoms with E-state index in [1.165, 1.54) is 11.9 Å². The smallest absolute Gasteiger partial charge is 0.288 e. The zero-order valence-corrected chi connectivity index (χ0v) is 15.6. The van der Waals surface area contributed by atoms with Gasteiger partial charge in [-0.3, -0.25) is 24.8 Å². The van der Waals surface area contributed by atoms with E-state index in [0.717, 1.165) is 5.56 Å². The van der Waals surface area contributed by atoms with Gasteiger partial charge in [-0.15, -0.1) is 0 Å². The largest absolute Gasteiger partial charge is 0.343 e. The molecule has 8 nitrogen and oxygen atoms in total. The lowest BCUT2D eigenvalue weighted by atomic mass is 10.1. The van der Waals surface area contributed by atoms with Crippen molar-refractivity contribution in [2.75, 3.05) is 16.9 Å². The van der Waals surface area contributed by atoms with Crippen molar-refractivity contribution in [2.24, 2.45) is 4.99 Å². The van der Waals surface area contributed by atoms with Gasteiger partial charge in [0.2, 0.25) is 11.7 Å². The van der Waals surface area contributed by atoms with E-state index in [1.807, 2.05) is 19.1 Å². The van der Waals surface area contributed by atoms with Gasteiger partial charge in [0.25, 0.3) is 11.8 Å². The first kappa shape index (κ1) is 19.1. The number of hydrogen-bond donors (Lipinski definition) is 3. The summed E-state index contributed by atoms with van der Waals surface area (Å²) in [6.45, 7) is 3.15. The van der Waals surface area contributed by atoms with Gasteiger partial charge in [0.05, 0.1) is 11.7 Å². The maximum Gasteiger partial charge on any atom is 0.288 e. The van der Waals surface area contributed by atoms with Crippen molar-refractivity contribution in [3.05, 3.63) is 60.2 Å². The molecule has 0 aliphatic carbocycles. The van der Waals surface area contributed by atoms with Crippen molar-refractivity contribution in [2.45, 2.75) is 19.9 Å². The van der Waals surface area contributed by atoms with Crippen molar-refractivity contribution in [1.82, 2.24) is 10.7 Å². The Morgan fingerprint density at radius 3 is 2.61 bits per heavy atom. The second-order valence-corrected chi connectivity index (χ2v) is 6.34. The number of carbonyl (C=O) groups is 3. The Hall–Kier alpha value is -3.68. The van der Waals surface area contributed by atoms with Gasteiger partial charge in [0.15, 0.2) is 0 Å². The minimum absolute atomic E-state index is 0.0633. The van der Waals surface area contributed by atoms with Crippen LogP contribution < -0.4 is 21.1 Å². The number of benzene rings is 2. The number of amides is 3. The highest BCUT2D eigenvalue weighted by Crippen LogP contribution is 2.18. The molecule has 0 unspecified atom stereocenters. The summed E-state index contributed by atoms with van der Waals surface area (Å²) in [5, 5.41) is 6.87. The fourth-order valence-corrected chi connectivity index (χ4v) is 2.77. The second-order valence-electron chi connectivity index (χ2n) is 6.34. The number of rotatable bonds is 5. The number of para-hydroxylation sites is 1. The van der Waals surface area contributed by atoms with Gasteiger partial charge in [-0.2, -0.15) is 0 Å². The lowest BCUT2D eigenvalue weighted by Crippen LogP contribution is -2.56. The Kier molecular flexibility index (Phi) is 5.69. The highest BCUT2D eigenvalue weighted by molar-refractivity contribution is 6.39. The van der Waals surface area contributed by atoms with E-state index < -0.39 is 5.91 Å². The van der Waals surface area contributed by atoms with Crippen LogP contribution in [0.5, 0.6) is 0 Å². The number of nitrogens with one attached hydrogen (secondary N) is 3. The third-order valence-corrected chi connectivity index (χ3v) is 4.12.